The molecule has 2 rings (SSSR count). The van der Waals surface area contributed by atoms with Crippen LogP contribution in [0.25, 0.3) is 0 Å². The SMILES string of the molecule is CCCN(CC1CCCN1)c1nccc(C)c1C#N. The molecule has 1 atom stereocenters. The van der Waals surface area contributed by atoms with Crippen LogP contribution in [0, 0.1) is 18.3 Å². The molecule has 0 amide bonds. The van der Waals surface area contributed by atoms with Crippen LogP contribution in [0.3, 0.4) is 0 Å². The van der Waals surface area contributed by atoms with Gasteiger partial charge in [0.1, 0.15) is 11.9 Å². The second kappa shape index (κ2) is 6.53. The first-order chi connectivity index (χ1) is 9.26. The van der Waals surface area contributed by atoms with E-state index in [0.717, 1.165) is 37.4 Å². The Balaban J connectivity index is 2.22. The van der Waals surface area contributed by atoms with E-state index in [1.54, 1.807) is 6.20 Å². The van der Waals surface area contributed by atoms with Crippen molar-refractivity contribution in [3.05, 3.63) is 23.4 Å². The number of hydrogen-bond donors (Lipinski definition) is 1. The molecule has 1 aliphatic heterocycles. The molecule has 0 aliphatic carbocycles. The minimum absolute atomic E-state index is 0.528. The van der Waals surface area contributed by atoms with Crippen molar-refractivity contribution in [3.8, 4) is 6.07 Å². The van der Waals surface area contributed by atoms with Gasteiger partial charge in [0.05, 0.1) is 5.56 Å². The third kappa shape index (κ3) is 3.24. The topological polar surface area (TPSA) is 52.0 Å². The summed E-state index contributed by atoms with van der Waals surface area (Å²) in [7, 11) is 0. The number of pyridine rings is 1. The lowest BCUT2D eigenvalue weighted by atomic mass is 10.1. The van der Waals surface area contributed by atoms with E-state index in [-0.39, 0.29) is 0 Å². The molecule has 2 heterocycles. The molecule has 1 saturated heterocycles. The van der Waals surface area contributed by atoms with E-state index in [1.807, 2.05) is 13.0 Å². The van der Waals surface area contributed by atoms with Crippen LogP contribution in [0.15, 0.2) is 12.3 Å². The molecule has 1 fully saturated rings. The van der Waals surface area contributed by atoms with Gasteiger partial charge in [0.2, 0.25) is 0 Å². The van der Waals surface area contributed by atoms with Crippen LogP contribution in [0.2, 0.25) is 0 Å². The second-order valence-corrected chi connectivity index (χ2v) is 5.18. The van der Waals surface area contributed by atoms with Crippen LogP contribution in [-0.4, -0.2) is 30.7 Å². The van der Waals surface area contributed by atoms with E-state index in [9.17, 15) is 5.26 Å². The van der Waals surface area contributed by atoms with Crippen molar-refractivity contribution in [1.82, 2.24) is 10.3 Å². The van der Waals surface area contributed by atoms with Gasteiger partial charge in [-0.3, -0.25) is 0 Å². The Morgan fingerprint density at radius 3 is 3.05 bits per heavy atom. The highest BCUT2D eigenvalue weighted by molar-refractivity contribution is 5.57. The molecule has 1 unspecified atom stereocenters. The molecule has 4 heteroatoms. The third-order valence-electron chi connectivity index (χ3n) is 3.65. The predicted molar refractivity (Wildman–Crippen MR) is 77.2 cm³/mol. The van der Waals surface area contributed by atoms with Gasteiger partial charge in [-0.05, 0) is 44.4 Å². The van der Waals surface area contributed by atoms with E-state index in [4.69, 9.17) is 0 Å². The molecule has 1 N–H and O–H groups in total. The number of aryl methyl sites for hydroxylation is 1. The maximum atomic E-state index is 9.34. The highest BCUT2D eigenvalue weighted by Crippen LogP contribution is 2.21. The van der Waals surface area contributed by atoms with Crippen LogP contribution in [0.4, 0.5) is 5.82 Å². The number of hydrogen-bond acceptors (Lipinski definition) is 4. The Morgan fingerprint density at radius 2 is 2.42 bits per heavy atom. The van der Waals surface area contributed by atoms with E-state index >= 15 is 0 Å². The van der Waals surface area contributed by atoms with Crippen molar-refractivity contribution >= 4 is 5.82 Å². The molecule has 4 nitrogen and oxygen atoms in total. The second-order valence-electron chi connectivity index (χ2n) is 5.18. The summed E-state index contributed by atoms with van der Waals surface area (Å²) in [5, 5.41) is 12.9. The van der Waals surface area contributed by atoms with Gasteiger partial charge >= 0.3 is 0 Å². The summed E-state index contributed by atoms with van der Waals surface area (Å²) >= 11 is 0. The first kappa shape index (κ1) is 13.8. The van der Waals surface area contributed by atoms with Crippen LogP contribution in [0.5, 0.6) is 0 Å². The van der Waals surface area contributed by atoms with Crippen LogP contribution in [-0.2, 0) is 0 Å². The molecule has 0 radical (unpaired) electrons. The average molecular weight is 258 g/mol. The number of aromatic nitrogens is 1. The average Bonchev–Trinajstić information content (AvgIpc) is 2.91. The Bertz CT molecular complexity index is 458. The third-order valence-corrected chi connectivity index (χ3v) is 3.65. The lowest BCUT2D eigenvalue weighted by molar-refractivity contribution is 0.575. The van der Waals surface area contributed by atoms with E-state index in [1.165, 1.54) is 12.8 Å². The van der Waals surface area contributed by atoms with Crippen LogP contribution >= 0.6 is 0 Å². The number of nitriles is 1. The van der Waals surface area contributed by atoms with Crippen molar-refractivity contribution in [2.45, 2.75) is 39.2 Å². The van der Waals surface area contributed by atoms with Gasteiger partial charge in [0.15, 0.2) is 0 Å². The van der Waals surface area contributed by atoms with E-state index in [0.29, 0.717) is 11.6 Å². The Kier molecular flexibility index (Phi) is 4.75. The van der Waals surface area contributed by atoms with Gasteiger partial charge in [-0.2, -0.15) is 5.26 Å². The normalized spacial score (nSPS) is 18.3. The molecule has 1 aliphatic rings. The highest BCUT2D eigenvalue weighted by atomic mass is 15.2. The Hall–Kier alpha value is -1.60. The fourth-order valence-electron chi connectivity index (χ4n) is 2.65. The number of nitrogens with one attached hydrogen (secondary N) is 1. The van der Waals surface area contributed by atoms with Gasteiger partial charge in [-0.1, -0.05) is 6.92 Å². The number of nitrogens with zero attached hydrogens (tertiary/aromatic N) is 3. The number of anilines is 1. The zero-order chi connectivity index (χ0) is 13.7. The maximum absolute atomic E-state index is 9.34. The molecular weight excluding hydrogens is 236 g/mol. The lowest BCUT2D eigenvalue weighted by Crippen LogP contribution is -2.39. The number of rotatable bonds is 5. The summed E-state index contributed by atoms with van der Waals surface area (Å²) in [6.07, 6.45) is 5.33. The quantitative estimate of drug-likeness (QED) is 0.880. The fraction of sp³-hybridized carbons (Fsp3) is 0.600. The van der Waals surface area contributed by atoms with Crippen LogP contribution in [0.1, 0.15) is 37.3 Å². The van der Waals surface area contributed by atoms with Gasteiger partial charge in [0.25, 0.3) is 0 Å². The molecule has 1 aromatic heterocycles. The molecule has 0 aromatic carbocycles. The standard InChI is InChI=1S/C15H22N4/c1-3-9-19(11-13-5-4-7-17-13)15-14(10-16)12(2)6-8-18-15/h6,8,13,17H,3-5,7,9,11H2,1-2H3. The Morgan fingerprint density at radius 1 is 1.58 bits per heavy atom. The molecule has 0 spiro atoms. The molecule has 19 heavy (non-hydrogen) atoms. The summed E-state index contributed by atoms with van der Waals surface area (Å²) in [4.78, 5) is 6.71. The van der Waals surface area contributed by atoms with Crippen molar-refractivity contribution in [3.63, 3.8) is 0 Å². The summed E-state index contributed by atoms with van der Waals surface area (Å²) in [6.45, 7) is 7.14. The molecular formula is C15H22N4. The van der Waals surface area contributed by atoms with Crippen molar-refractivity contribution in [1.29, 1.82) is 5.26 Å². The minimum Gasteiger partial charge on any atom is -0.354 e. The van der Waals surface area contributed by atoms with Gasteiger partial charge in [0, 0.05) is 25.3 Å². The van der Waals surface area contributed by atoms with Crippen molar-refractivity contribution in [2.75, 3.05) is 24.5 Å². The smallest absolute Gasteiger partial charge is 0.146 e. The van der Waals surface area contributed by atoms with Gasteiger partial charge in [-0.25, -0.2) is 4.98 Å². The highest BCUT2D eigenvalue weighted by Gasteiger charge is 2.20. The van der Waals surface area contributed by atoms with Gasteiger partial charge in [-0.15, -0.1) is 0 Å². The lowest BCUT2D eigenvalue weighted by Gasteiger charge is -2.27. The van der Waals surface area contributed by atoms with Crippen molar-refractivity contribution in [2.24, 2.45) is 0 Å². The summed E-state index contributed by atoms with van der Waals surface area (Å²) < 4.78 is 0. The monoisotopic (exact) mass is 258 g/mol. The zero-order valence-electron chi connectivity index (χ0n) is 11.8. The first-order valence-electron chi connectivity index (χ1n) is 7.10. The summed E-state index contributed by atoms with van der Waals surface area (Å²) in [5.74, 6) is 0.845. The molecule has 102 valence electrons. The fourth-order valence-corrected chi connectivity index (χ4v) is 2.65. The van der Waals surface area contributed by atoms with Gasteiger partial charge < -0.3 is 10.2 Å². The summed E-state index contributed by atoms with van der Waals surface area (Å²) in [5.41, 5.74) is 1.72. The first-order valence-corrected chi connectivity index (χ1v) is 7.10. The maximum Gasteiger partial charge on any atom is 0.146 e. The largest absolute Gasteiger partial charge is 0.354 e. The summed E-state index contributed by atoms with van der Waals surface area (Å²) in [6, 6.07) is 4.73. The van der Waals surface area contributed by atoms with Crippen LogP contribution < -0.4 is 10.2 Å². The Labute approximate surface area is 115 Å². The van der Waals surface area contributed by atoms with E-state index in [2.05, 4.69) is 28.2 Å². The van der Waals surface area contributed by atoms with Crippen molar-refractivity contribution < 1.29 is 0 Å². The molecule has 0 bridgehead atoms. The zero-order valence-corrected chi connectivity index (χ0v) is 11.8. The molecule has 0 saturated carbocycles. The predicted octanol–water partition coefficient (Wildman–Crippen LogP) is 2.23. The molecule has 1 aromatic rings. The minimum atomic E-state index is 0.528. The van der Waals surface area contributed by atoms with E-state index < -0.39 is 0 Å².